The van der Waals surface area contributed by atoms with Crippen molar-refractivity contribution in [2.45, 2.75) is 26.4 Å². The van der Waals surface area contributed by atoms with E-state index in [0.717, 1.165) is 18.5 Å². The molecule has 0 heterocycles. The zero-order chi connectivity index (χ0) is 9.52. The van der Waals surface area contributed by atoms with Gasteiger partial charge in [0, 0.05) is 6.61 Å². The van der Waals surface area contributed by atoms with Crippen molar-refractivity contribution >= 4 is 13.3 Å². The van der Waals surface area contributed by atoms with Crippen LogP contribution < -0.4 is 5.46 Å². The van der Waals surface area contributed by atoms with E-state index in [1.165, 1.54) is 12.0 Å². The van der Waals surface area contributed by atoms with Gasteiger partial charge >= 0.3 is 0 Å². The van der Waals surface area contributed by atoms with Crippen LogP contribution in [0.5, 0.6) is 0 Å². The standard InChI is InChI=1S/C11H15BO/c1-2-3-8-13-9-10-4-6-11(12)7-5-10/h4-7H,2-3,8-9H2,1H3. The molecule has 0 saturated carbocycles. The molecule has 0 unspecified atom stereocenters. The van der Waals surface area contributed by atoms with Crippen LogP contribution in [0.25, 0.3) is 0 Å². The van der Waals surface area contributed by atoms with Gasteiger partial charge in [0.2, 0.25) is 0 Å². The predicted molar refractivity (Wildman–Crippen MR) is 56.4 cm³/mol. The van der Waals surface area contributed by atoms with E-state index in [-0.39, 0.29) is 0 Å². The molecule has 0 bridgehead atoms. The highest BCUT2D eigenvalue weighted by atomic mass is 16.5. The Morgan fingerprint density at radius 3 is 2.54 bits per heavy atom. The number of hydrogen-bond acceptors (Lipinski definition) is 1. The molecule has 0 aliphatic carbocycles. The fraction of sp³-hybridized carbons (Fsp3) is 0.455. The summed E-state index contributed by atoms with van der Waals surface area (Å²) in [5.74, 6) is 0. The number of ether oxygens (including phenoxy) is 1. The summed E-state index contributed by atoms with van der Waals surface area (Å²) in [4.78, 5) is 0. The number of unbranched alkanes of at least 4 members (excludes halogenated alkanes) is 1. The maximum Gasteiger partial charge on any atom is 0.113 e. The Morgan fingerprint density at radius 2 is 1.92 bits per heavy atom. The Labute approximate surface area is 81.5 Å². The molecule has 0 saturated heterocycles. The highest BCUT2D eigenvalue weighted by Crippen LogP contribution is 1.99. The molecule has 0 fully saturated rings. The van der Waals surface area contributed by atoms with Gasteiger partial charge in [0.05, 0.1) is 6.61 Å². The first-order valence-electron chi connectivity index (χ1n) is 4.75. The van der Waals surface area contributed by atoms with Crippen molar-refractivity contribution in [3.8, 4) is 0 Å². The summed E-state index contributed by atoms with van der Waals surface area (Å²) in [5.41, 5.74) is 1.99. The van der Waals surface area contributed by atoms with Gasteiger partial charge in [-0.15, -0.1) is 0 Å². The highest BCUT2D eigenvalue weighted by molar-refractivity contribution is 6.32. The molecule has 0 aliphatic rings. The molecular formula is C11H15BO. The molecular weight excluding hydrogens is 159 g/mol. The minimum atomic E-state index is 0.695. The molecule has 0 spiro atoms. The van der Waals surface area contributed by atoms with Crippen LogP contribution in [0.4, 0.5) is 0 Å². The second-order valence-electron chi connectivity index (χ2n) is 3.15. The Morgan fingerprint density at radius 1 is 1.23 bits per heavy atom. The average Bonchev–Trinajstić information content (AvgIpc) is 2.15. The summed E-state index contributed by atoms with van der Waals surface area (Å²) in [7, 11) is 5.56. The van der Waals surface area contributed by atoms with Crippen molar-refractivity contribution in [3.05, 3.63) is 29.8 Å². The van der Waals surface area contributed by atoms with E-state index >= 15 is 0 Å². The fourth-order valence-corrected chi connectivity index (χ4v) is 1.05. The topological polar surface area (TPSA) is 9.23 Å². The van der Waals surface area contributed by atoms with Crippen molar-refractivity contribution in [2.24, 2.45) is 0 Å². The van der Waals surface area contributed by atoms with Crippen LogP contribution in [0.2, 0.25) is 0 Å². The molecule has 0 amide bonds. The number of hydrogen-bond donors (Lipinski definition) is 0. The van der Waals surface area contributed by atoms with Gasteiger partial charge in [-0.2, -0.15) is 0 Å². The van der Waals surface area contributed by atoms with Crippen LogP contribution in [0.1, 0.15) is 25.3 Å². The van der Waals surface area contributed by atoms with Gasteiger partial charge < -0.3 is 4.74 Å². The lowest BCUT2D eigenvalue weighted by Gasteiger charge is -2.03. The fourth-order valence-electron chi connectivity index (χ4n) is 1.05. The molecule has 0 N–H and O–H groups in total. The summed E-state index contributed by atoms with van der Waals surface area (Å²) in [6.45, 7) is 3.70. The van der Waals surface area contributed by atoms with E-state index in [4.69, 9.17) is 12.6 Å². The van der Waals surface area contributed by atoms with E-state index in [9.17, 15) is 0 Å². The average molecular weight is 174 g/mol. The summed E-state index contributed by atoms with van der Waals surface area (Å²) in [6.07, 6.45) is 2.32. The summed E-state index contributed by atoms with van der Waals surface area (Å²) in [5, 5.41) is 0. The van der Waals surface area contributed by atoms with Crippen molar-refractivity contribution in [2.75, 3.05) is 6.61 Å². The number of benzene rings is 1. The lowest BCUT2D eigenvalue weighted by molar-refractivity contribution is 0.118. The molecule has 0 aromatic heterocycles. The SMILES string of the molecule is [B]c1ccc(COCCCC)cc1. The van der Waals surface area contributed by atoms with Gasteiger partial charge in [-0.1, -0.05) is 43.1 Å². The second-order valence-corrected chi connectivity index (χ2v) is 3.15. The third kappa shape index (κ3) is 4.14. The van der Waals surface area contributed by atoms with Crippen molar-refractivity contribution in [1.29, 1.82) is 0 Å². The van der Waals surface area contributed by atoms with Crippen molar-refractivity contribution in [3.63, 3.8) is 0 Å². The van der Waals surface area contributed by atoms with Gasteiger partial charge in [-0.05, 0) is 12.0 Å². The first-order chi connectivity index (χ1) is 6.33. The third-order valence-corrected chi connectivity index (χ3v) is 1.89. The van der Waals surface area contributed by atoms with Gasteiger partial charge in [0.25, 0.3) is 0 Å². The summed E-state index contributed by atoms with van der Waals surface area (Å²) >= 11 is 0. The van der Waals surface area contributed by atoms with E-state index in [1.807, 2.05) is 24.3 Å². The Kier molecular flexibility index (Phi) is 4.62. The maximum absolute atomic E-state index is 5.56. The molecule has 1 aromatic carbocycles. The molecule has 1 aromatic rings. The first-order valence-corrected chi connectivity index (χ1v) is 4.75. The minimum Gasteiger partial charge on any atom is -0.377 e. The molecule has 2 radical (unpaired) electrons. The van der Waals surface area contributed by atoms with Crippen LogP contribution in [0.15, 0.2) is 24.3 Å². The lowest BCUT2D eigenvalue weighted by Crippen LogP contribution is -2.02. The van der Waals surface area contributed by atoms with Gasteiger partial charge in [0.1, 0.15) is 7.85 Å². The monoisotopic (exact) mass is 174 g/mol. The van der Waals surface area contributed by atoms with Crippen LogP contribution in [0, 0.1) is 0 Å². The van der Waals surface area contributed by atoms with E-state index in [2.05, 4.69) is 6.92 Å². The molecule has 2 heteroatoms. The summed E-state index contributed by atoms with van der Waals surface area (Å²) < 4.78 is 5.46. The Bertz CT molecular complexity index is 230. The molecule has 1 rings (SSSR count). The minimum absolute atomic E-state index is 0.695. The van der Waals surface area contributed by atoms with Crippen LogP contribution >= 0.6 is 0 Å². The third-order valence-electron chi connectivity index (χ3n) is 1.89. The molecule has 1 nitrogen and oxygen atoms in total. The predicted octanol–water partition coefficient (Wildman–Crippen LogP) is 1.80. The van der Waals surface area contributed by atoms with Crippen LogP contribution in [0.3, 0.4) is 0 Å². The molecule has 0 aliphatic heterocycles. The van der Waals surface area contributed by atoms with Gasteiger partial charge in [-0.25, -0.2) is 0 Å². The highest BCUT2D eigenvalue weighted by Gasteiger charge is 1.91. The maximum atomic E-state index is 5.56. The lowest BCUT2D eigenvalue weighted by atomic mass is 9.95. The van der Waals surface area contributed by atoms with E-state index in [1.54, 1.807) is 0 Å². The van der Waals surface area contributed by atoms with E-state index in [0.29, 0.717) is 6.61 Å². The van der Waals surface area contributed by atoms with Crippen LogP contribution in [-0.2, 0) is 11.3 Å². The molecule has 13 heavy (non-hydrogen) atoms. The quantitative estimate of drug-likeness (QED) is 0.488. The normalized spacial score (nSPS) is 10.2. The second kappa shape index (κ2) is 5.82. The molecule has 0 atom stereocenters. The largest absolute Gasteiger partial charge is 0.377 e. The van der Waals surface area contributed by atoms with Gasteiger partial charge in [-0.3, -0.25) is 0 Å². The summed E-state index contributed by atoms with van der Waals surface area (Å²) in [6, 6.07) is 7.81. The van der Waals surface area contributed by atoms with Gasteiger partial charge in [0.15, 0.2) is 0 Å². The zero-order valence-electron chi connectivity index (χ0n) is 8.12. The van der Waals surface area contributed by atoms with Crippen molar-refractivity contribution in [1.82, 2.24) is 0 Å². The first kappa shape index (κ1) is 10.3. The van der Waals surface area contributed by atoms with E-state index < -0.39 is 0 Å². The van der Waals surface area contributed by atoms with Crippen molar-refractivity contribution < 1.29 is 4.74 Å². The Hall–Kier alpha value is -0.755. The van der Waals surface area contributed by atoms with Crippen LogP contribution in [-0.4, -0.2) is 14.5 Å². The Balaban J connectivity index is 2.25. The molecule has 68 valence electrons. The number of rotatable bonds is 5. The smallest absolute Gasteiger partial charge is 0.113 e. The zero-order valence-corrected chi connectivity index (χ0v) is 8.12.